The Bertz CT molecular complexity index is 1340. The first-order valence-electron chi connectivity index (χ1n) is 12.4. The number of esters is 1. The lowest BCUT2D eigenvalue weighted by molar-refractivity contribution is -0.142. The number of aryl methyl sites for hydroxylation is 1. The maximum absolute atomic E-state index is 12.8. The molecule has 0 fully saturated rings. The van der Waals surface area contributed by atoms with Crippen LogP contribution in [-0.4, -0.2) is 50.1 Å². The van der Waals surface area contributed by atoms with Crippen LogP contribution in [0.5, 0.6) is 5.75 Å². The van der Waals surface area contributed by atoms with Gasteiger partial charge in [0.05, 0.1) is 32.9 Å². The highest BCUT2D eigenvalue weighted by molar-refractivity contribution is 6.01. The Labute approximate surface area is 222 Å². The number of amides is 3. The molecule has 4 rings (SSSR count). The molecule has 1 aliphatic heterocycles. The second-order valence-electron chi connectivity index (χ2n) is 9.17. The number of carbonyl (C=O) groups is 3. The number of para-hydroxylation sites is 1. The molecular formula is C29H32N4O5. The summed E-state index contributed by atoms with van der Waals surface area (Å²) in [4.78, 5) is 38.9. The lowest BCUT2D eigenvalue weighted by Gasteiger charge is -2.28. The number of nitrogens with zero attached hydrogens (tertiary/aromatic N) is 1. The Kier molecular flexibility index (Phi) is 8.60. The predicted molar refractivity (Wildman–Crippen MR) is 147 cm³/mol. The molecule has 0 aromatic heterocycles. The van der Waals surface area contributed by atoms with E-state index in [0.717, 1.165) is 35.3 Å². The molecule has 3 aromatic rings. The van der Waals surface area contributed by atoms with Crippen molar-refractivity contribution in [1.82, 2.24) is 4.90 Å². The van der Waals surface area contributed by atoms with Gasteiger partial charge in [-0.25, -0.2) is 4.79 Å². The van der Waals surface area contributed by atoms with Crippen molar-refractivity contribution in [2.24, 2.45) is 0 Å². The van der Waals surface area contributed by atoms with Gasteiger partial charge in [0.15, 0.2) is 0 Å². The van der Waals surface area contributed by atoms with Crippen LogP contribution in [0.4, 0.5) is 21.9 Å². The van der Waals surface area contributed by atoms with E-state index in [4.69, 9.17) is 9.47 Å². The van der Waals surface area contributed by atoms with Gasteiger partial charge in [0.2, 0.25) is 5.91 Å². The van der Waals surface area contributed by atoms with Gasteiger partial charge in [-0.15, -0.1) is 0 Å². The van der Waals surface area contributed by atoms with Gasteiger partial charge >= 0.3 is 12.0 Å². The number of urea groups is 1. The lowest BCUT2D eigenvalue weighted by Crippen LogP contribution is -2.35. The molecule has 9 nitrogen and oxygen atoms in total. The van der Waals surface area contributed by atoms with Gasteiger partial charge in [-0.1, -0.05) is 30.3 Å². The molecule has 0 aliphatic carbocycles. The van der Waals surface area contributed by atoms with Gasteiger partial charge in [-0.05, 0) is 65.9 Å². The first-order valence-corrected chi connectivity index (χ1v) is 12.4. The molecule has 3 aromatic carbocycles. The van der Waals surface area contributed by atoms with Crippen LogP contribution in [-0.2, 0) is 33.7 Å². The second kappa shape index (κ2) is 12.2. The van der Waals surface area contributed by atoms with E-state index in [1.165, 1.54) is 19.8 Å². The number of carbonyl (C=O) groups excluding carboxylic acids is 3. The lowest BCUT2D eigenvalue weighted by atomic mass is 9.99. The molecule has 1 aliphatic rings. The minimum absolute atomic E-state index is 0.137. The second-order valence-corrected chi connectivity index (χ2v) is 9.17. The van der Waals surface area contributed by atoms with Gasteiger partial charge in [-0.3, -0.25) is 14.5 Å². The van der Waals surface area contributed by atoms with Crippen molar-refractivity contribution in [3.8, 4) is 5.75 Å². The Morgan fingerprint density at radius 1 is 0.895 bits per heavy atom. The largest absolute Gasteiger partial charge is 0.495 e. The van der Waals surface area contributed by atoms with Crippen molar-refractivity contribution in [3.63, 3.8) is 0 Å². The molecule has 0 radical (unpaired) electrons. The molecule has 3 amide bonds. The molecule has 3 N–H and O–H groups in total. The third kappa shape index (κ3) is 6.89. The van der Waals surface area contributed by atoms with Crippen LogP contribution in [0, 0.1) is 6.92 Å². The molecule has 9 heteroatoms. The highest BCUT2D eigenvalue weighted by Crippen LogP contribution is 2.27. The average Bonchev–Trinajstić information content (AvgIpc) is 2.90. The van der Waals surface area contributed by atoms with Gasteiger partial charge in [0.1, 0.15) is 5.75 Å². The Balaban J connectivity index is 1.36. The fourth-order valence-corrected chi connectivity index (χ4v) is 4.40. The van der Waals surface area contributed by atoms with Crippen molar-refractivity contribution < 1.29 is 23.9 Å². The fourth-order valence-electron chi connectivity index (χ4n) is 4.40. The van der Waals surface area contributed by atoms with Crippen LogP contribution in [0.2, 0.25) is 0 Å². The highest BCUT2D eigenvalue weighted by atomic mass is 16.5. The molecule has 1 heterocycles. The first kappa shape index (κ1) is 26.7. The molecule has 0 unspecified atom stereocenters. The van der Waals surface area contributed by atoms with E-state index >= 15 is 0 Å². The van der Waals surface area contributed by atoms with Gasteiger partial charge in [-0.2, -0.15) is 0 Å². The summed E-state index contributed by atoms with van der Waals surface area (Å²) >= 11 is 0. The van der Waals surface area contributed by atoms with E-state index < -0.39 is 0 Å². The number of fused-ring (bicyclic) bond motifs is 1. The van der Waals surface area contributed by atoms with E-state index in [1.54, 1.807) is 18.2 Å². The van der Waals surface area contributed by atoms with E-state index in [9.17, 15) is 14.4 Å². The summed E-state index contributed by atoms with van der Waals surface area (Å²) in [6, 6.07) is 18.2. The van der Waals surface area contributed by atoms with Gasteiger partial charge in [0, 0.05) is 24.5 Å². The minimum Gasteiger partial charge on any atom is -0.495 e. The van der Waals surface area contributed by atoms with E-state index in [2.05, 4.69) is 16.0 Å². The molecule has 198 valence electrons. The smallest absolute Gasteiger partial charge is 0.323 e. The predicted octanol–water partition coefficient (Wildman–Crippen LogP) is 4.36. The minimum atomic E-state index is -0.388. The summed E-state index contributed by atoms with van der Waals surface area (Å²) in [6.07, 6.45) is 0.974. The van der Waals surface area contributed by atoms with E-state index in [0.29, 0.717) is 23.7 Å². The quantitative estimate of drug-likeness (QED) is 0.384. The number of ether oxygens (including phenoxy) is 2. The van der Waals surface area contributed by atoms with Gasteiger partial charge < -0.3 is 25.4 Å². The van der Waals surface area contributed by atoms with Crippen LogP contribution in [0.1, 0.15) is 22.3 Å². The van der Waals surface area contributed by atoms with Crippen LogP contribution in [0.3, 0.4) is 0 Å². The Morgan fingerprint density at radius 3 is 2.45 bits per heavy atom. The molecule has 0 spiro atoms. The summed E-state index contributed by atoms with van der Waals surface area (Å²) < 4.78 is 10.2. The number of methoxy groups -OCH3 is 2. The zero-order valence-electron chi connectivity index (χ0n) is 21.8. The van der Waals surface area contributed by atoms with Crippen LogP contribution < -0.4 is 20.7 Å². The summed E-state index contributed by atoms with van der Waals surface area (Å²) in [5, 5.41) is 8.58. The molecule has 0 atom stereocenters. The van der Waals surface area contributed by atoms with Gasteiger partial charge in [0.25, 0.3) is 0 Å². The average molecular weight is 517 g/mol. The zero-order chi connectivity index (χ0) is 27.1. The zero-order valence-corrected chi connectivity index (χ0v) is 21.8. The highest BCUT2D eigenvalue weighted by Gasteiger charge is 2.19. The van der Waals surface area contributed by atoms with Crippen LogP contribution in [0.25, 0.3) is 0 Å². The molecule has 0 saturated carbocycles. The molecule has 38 heavy (non-hydrogen) atoms. The summed E-state index contributed by atoms with van der Waals surface area (Å²) in [6.45, 7) is 3.57. The van der Waals surface area contributed by atoms with Crippen LogP contribution >= 0.6 is 0 Å². The van der Waals surface area contributed by atoms with Crippen LogP contribution in [0.15, 0.2) is 60.7 Å². The molecule has 0 saturated heterocycles. The normalized spacial score (nSPS) is 12.7. The van der Waals surface area contributed by atoms with Crippen molar-refractivity contribution in [1.29, 1.82) is 0 Å². The van der Waals surface area contributed by atoms with Crippen molar-refractivity contribution in [2.45, 2.75) is 26.3 Å². The number of hydrogen-bond acceptors (Lipinski definition) is 6. The summed E-state index contributed by atoms with van der Waals surface area (Å²) in [5.41, 5.74) is 5.90. The Morgan fingerprint density at radius 2 is 1.68 bits per heavy atom. The maximum Gasteiger partial charge on any atom is 0.323 e. The Hall–Kier alpha value is -4.37. The summed E-state index contributed by atoms with van der Waals surface area (Å²) in [7, 11) is 2.90. The third-order valence-corrected chi connectivity index (χ3v) is 6.43. The standard InChI is InChI=1S/C29H32N4O5/c1-19-6-4-5-7-24(19)31-29(36)32-25-11-8-20(14-26(25)37-2)15-27(34)30-23-10-9-21-12-13-33(17-22(21)16-23)18-28(35)38-3/h4-11,14,16H,12-13,15,17-18H2,1-3H3,(H,30,34)(H2,31,32,36). The van der Waals surface area contributed by atoms with E-state index in [1.807, 2.05) is 54.3 Å². The third-order valence-electron chi connectivity index (χ3n) is 6.43. The number of benzene rings is 3. The SMILES string of the molecule is COC(=O)CN1CCc2ccc(NC(=O)Cc3ccc(NC(=O)Nc4ccccc4C)c(OC)c3)cc2C1. The number of nitrogens with one attached hydrogen (secondary N) is 3. The monoisotopic (exact) mass is 516 g/mol. The molecular weight excluding hydrogens is 484 g/mol. The topological polar surface area (TPSA) is 109 Å². The summed E-state index contributed by atoms with van der Waals surface area (Å²) in [5.74, 6) is 0.0171. The number of anilines is 3. The van der Waals surface area contributed by atoms with Crippen molar-refractivity contribution >= 4 is 35.0 Å². The van der Waals surface area contributed by atoms with Crippen molar-refractivity contribution in [3.05, 3.63) is 82.9 Å². The van der Waals surface area contributed by atoms with Crippen molar-refractivity contribution in [2.75, 3.05) is 43.3 Å². The number of rotatable bonds is 8. The fraction of sp³-hybridized carbons (Fsp3) is 0.276. The number of hydrogen-bond donors (Lipinski definition) is 3. The van der Waals surface area contributed by atoms with E-state index in [-0.39, 0.29) is 30.9 Å². The first-order chi connectivity index (χ1) is 18.3. The maximum atomic E-state index is 12.8. The molecule has 0 bridgehead atoms.